The van der Waals surface area contributed by atoms with Crippen molar-refractivity contribution in [2.75, 3.05) is 0 Å². The Labute approximate surface area is 101 Å². The lowest BCUT2D eigenvalue weighted by Crippen LogP contribution is -2.18. The molecule has 0 saturated heterocycles. The Bertz CT molecular complexity index is 613. The lowest BCUT2D eigenvalue weighted by atomic mass is 9.89. The average Bonchev–Trinajstić information content (AvgIpc) is 2.81. The molecule has 0 bridgehead atoms. The van der Waals surface area contributed by atoms with Crippen LogP contribution in [0.4, 0.5) is 0 Å². The summed E-state index contributed by atoms with van der Waals surface area (Å²) in [5, 5.41) is 18.0. The highest BCUT2D eigenvalue weighted by atomic mass is 16.5. The Morgan fingerprint density at radius 1 is 0.944 bits per heavy atom. The number of furan rings is 1. The molecular formula is C13H8O5. The summed E-state index contributed by atoms with van der Waals surface area (Å²) < 4.78 is 5.04. The number of carbonyl (C=O) groups is 2. The van der Waals surface area contributed by atoms with Crippen molar-refractivity contribution in [1.82, 2.24) is 0 Å². The fourth-order valence-electron chi connectivity index (χ4n) is 2.02. The van der Waals surface area contributed by atoms with Gasteiger partial charge < -0.3 is 14.6 Å². The number of benzene rings is 1. The second-order valence-corrected chi connectivity index (χ2v) is 3.97. The minimum absolute atomic E-state index is 0.0711. The van der Waals surface area contributed by atoms with Crippen molar-refractivity contribution in [1.29, 1.82) is 0 Å². The maximum atomic E-state index is 12.1. The van der Waals surface area contributed by atoms with Crippen LogP contribution in [0.2, 0.25) is 0 Å². The zero-order valence-electron chi connectivity index (χ0n) is 9.08. The van der Waals surface area contributed by atoms with Gasteiger partial charge in [0.1, 0.15) is 0 Å². The Hall–Kier alpha value is -2.24. The number of fused-ring (bicyclic) bond motifs is 2. The van der Waals surface area contributed by atoms with Gasteiger partial charge in [0.15, 0.2) is 17.3 Å². The number of aliphatic hydroxyl groups excluding tert-OH is 1. The largest absolute Gasteiger partial charge is 0.451 e. The maximum absolute atomic E-state index is 12.1. The van der Waals surface area contributed by atoms with Gasteiger partial charge in [-0.3, -0.25) is 9.59 Å². The van der Waals surface area contributed by atoms with Gasteiger partial charge in [-0.25, -0.2) is 0 Å². The molecule has 0 spiro atoms. The van der Waals surface area contributed by atoms with E-state index in [0.717, 1.165) is 0 Å². The summed E-state index contributed by atoms with van der Waals surface area (Å²) in [4.78, 5) is 24.2. The van der Waals surface area contributed by atoms with Gasteiger partial charge >= 0.3 is 0 Å². The molecule has 18 heavy (non-hydrogen) atoms. The topological polar surface area (TPSA) is 87.7 Å². The van der Waals surface area contributed by atoms with Gasteiger partial charge in [-0.1, -0.05) is 24.3 Å². The van der Waals surface area contributed by atoms with E-state index in [0.29, 0.717) is 5.56 Å². The third kappa shape index (κ3) is 1.35. The van der Waals surface area contributed by atoms with Crippen molar-refractivity contribution < 1.29 is 24.2 Å². The zero-order chi connectivity index (χ0) is 12.9. The van der Waals surface area contributed by atoms with Gasteiger partial charge in [0.2, 0.25) is 12.1 Å². The molecule has 1 aromatic carbocycles. The van der Waals surface area contributed by atoms with Crippen LogP contribution < -0.4 is 0 Å². The van der Waals surface area contributed by atoms with E-state index >= 15 is 0 Å². The number of aliphatic hydroxyl groups is 2. The fourth-order valence-corrected chi connectivity index (χ4v) is 2.02. The lowest BCUT2D eigenvalue weighted by molar-refractivity contribution is -0.0583. The zero-order valence-corrected chi connectivity index (χ0v) is 9.08. The van der Waals surface area contributed by atoms with Crippen molar-refractivity contribution in [3.63, 3.8) is 0 Å². The van der Waals surface area contributed by atoms with Gasteiger partial charge in [0.25, 0.3) is 0 Å². The molecule has 2 aromatic rings. The summed E-state index contributed by atoms with van der Waals surface area (Å²) in [5.41, 5.74) is 0.639. The molecule has 0 fully saturated rings. The monoisotopic (exact) mass is 244 g/mol. The molecule has 0 saturated carbocycles. The van der Waals surface area contributed by atoms with Crippen LogP contribution in [-0.4, -0.2) is 21.8 Å². The molecule has 0 atom stereocenters. The van der Waals surface area contributed by atoms with Crippen molar-refractivity contribution in [2.45, 2.75) is 6.29 Å². The van der Waals surface area contributed by atoms with Crippen molar-refractivity contribution >= 4 is 11.6 Å². The predicted octanol–water partition coefficient (Wildman–Crippen LogP) is 1.04. The van der Waals surface area contributed by atoms with E-state index in [-0.39, 0.29) is 28.4 Å². The van der Waals surface area contributed by atoms with E-state index in [4.69, 9.17) is 14.6 Å². The second-order valence-electron chi connectivity index (χ2n) is 3.97. The first-order valence-electron chi connectivity index (χ1n) is 5.28. The molecule has 0 unspecified atom stereocenters. The number of hydrogen-bond donors (Lipinski definition) is 2. The third-order valence-corrected chi connectivity index (χ3v) is 2.87. The molecule has 0 aliphatic heterocycles. The third-order valence-electron chi connectivity index (χ3n) is 2.87. The van der Waals surface area contributed by atoms with Crippen molar-refractivity contribution in [2.24, 2.45) is 0 Å². The molecule has 0 amide bonds. The van der Waals surface area contributed by atoms with Crippen LogP contribution in [0.15, 0.2) is 34.7 Å². The summed E-state index contributed by atoms with van der Waals surface area (Å²) in [5.74, 6) is -1.13. The summed E-state index contributed by atoms with van der Waals surface area (Å²) in [6.45, 7) is 0. The summed E-state index contributed by atoms with van der Waals surface area (Å²) in [6.07, 6.45) is -1.85. The van der Waals surface area contributed by atoms with E-state index in [2.05, 4.69) is 0 Å². The molecule has 1 aromatic heterocycles. The molecule has 5 heteroatoms. The first-order chi connectivity index (χ1) is 8.59. The van der Waals surface area contributed by atoms with Crippen molar-refractivity contribution in [3.8, 4) is 0 Å². The summed E-state index contributed by atoms with van der Waals surface area (Å²) in [7, 11) is 0. The lowest BCUT2D eigenvalue weighted by Gasteiger charge is -2.11. The Balaban J connectivity index is 2.24. The molecule has 3 rings (SSSR count). The Morgan fingerprint density at radius 3 is 2.17 bits per heavy atom. The maximum Gasteiger partial charge on any atom is 0.229 e. The first-order valence-corrected chi connectivity index (χ1v) is 5.28. The number of ketones is 2. The molecule has 90 valence electrons. The highest BCUT2D eigenvalue weighted by Crippen LogP contribution is 2.30. The molecule has 1 aliphatic carbocycles. The van der Waals surface area contributed by atoms with Crippen LogP contribution in [0.25, 0.3) is 0 Å². The molecule has 1 aliphatic rings. The fraction of sp³-hybridized carbons (Fsp3) is 0.0769. The highest BCUT2D eigenvalue weighted by Gasteiger charge is 2.34. The van der Waals surface area contributed by atoms with Gasteiger partial charge in [0, 0.05) is 11.1 Å². The molecule has 5 nitrogen and oxygen atoms in total. The predicted molar refractivity (Wildman–Crippen MR) is 59.2 cm³/mol. The van der Waals surface area contributed by atoms with Crippen LogP contribution in [0.3, 0.4) is 0 Å². The molecular weight excluding hydrogens is 236 g/mol. The Morgan fingerprint density at radius 2 is 1.56 bits per heavy atom. The minimum atomic E-state index is -1.85. The summed E-state index contributed by atoms with van der Waals surface area (Å²) >= 11 is 0. The molecule has 1 heterocycles. The van der Waals surface area contributed by atoms with Crippen LogP contribution in [0.1, 0.15) is 44.1 Å². The standard InChI is InChI=1S/C13H8O5/c14-10-6-3-1-2-4-7(6)11(15)12-8(10)5-9(18-12)13(16)17/h1-5,13,16-17H. The van der Waals surface area contributed by atoms with E-state index in [1.807, 2.05) is 0 Å². The van der Waals surface area contributed by atoms with E-state index < -0.39 is 12.1 Å². The second kappa shape index (κ2) is 3.63. The first kappa shape index (κ1) is 10.9. The molecule has 2 N–H and O–H groups in total. The number of hydrogen-bond acceptors (Lipinski definition) is 5. The van der Waals surface area contributed by atoms with Crippen LogP contribution >= 0.6 is 0 Å². The normalized spacial score (nSPS) is 13.7. The van der Waals surface area contributed by atoms with E-state index in [1.165, 1.54) is 12.1 Å². The summed E-state index contributed by atoms with van der Waals surface area (Å²) in [6, 6.07) is 7.60. The average molecular weight is 244 g/mol. The number of rotatable bonds is 1. The quantitative estimate of drug-likeness (QED) is 0.624. The van der Waals surface area contributed by atoms with Crippen LogP contribution in [-0.2, 0) is 0 Å². The van der Waals surface area contributed by atoms with Gasteiger partial charge in [-0.05, 0) is 6.07 Å². The van der Waals surface area contributed by atoms with Gasteiger partial charge in [0.05, 0.1) is 5.56 Å². The Kier molecular flexibility index (Phi) is 2.19. The van der Waals surface area contributed by atoms with Crippen molar-refractivity contribution in [3.05, 3.63) is 58.5 Å². The van der Waals surface area contributed by atoms with Gasteiger partial charge in [-0.2, -0.15) is 0 Å². The van der Waals surface area contributed by atoms with E-state index in [9.17, 15) is 9.59 Å². The highest BCUT2D eigenvalue weighted by molar-refractivity contribution is 6.27. The van der Waals surface area contributed by atoms with Crippen LogP contribution in [0.5, 0.6) is 0 Å². The van der Waals surface area contributed by atoms with E-state index in [1.54, 1.807) is 18.2 Å². The SMILES string of the molecule is O=C1c2ccccc2C(=O)c2oc(C(O)O)cc21. The smallest absolute Gasteiger partial charge is 0.229 e. The number of carbonyl (C=O) groups excluding carboxylic acids is 2. The van der Waals surface area contributed by atoms with Gasteiger partial charge in [-0.15, -0.1) is 0 Å². The minimum Gasteiger partial charge on any atom is -0.451 e. The van der Waals surface area contributed by atoms with Crippen LogP contribution in [0, 0.1) is 0 Å². The molecule has 0 radical (unpaired) electrons.